The highest BCUT2D eigenvalue weighted by atomic mass is 35.5. The molecule has 1 rings (SSSR count). The van der Waals surface area contributed by atoms with Crippen LogP contribution in [0.15, 0.2) is 18.2 Å². The minimum atomic E-state index is -0.317. The van der Waals surface area contributed by atoms with Gasteiger partial charge in [-0.25, -0.2) is 4.39 Å². The quantitative estimate of drug-likeness (QED) is 0.835. The third-order valence-electron chi connectivity index (χ3n) is 3.47. The van der Waals surface area contributed by atoms with Crippen LogP contribution in [0.1, 0.15) is 24.9 Å². The molecule has 0 aliphatic carbocycles. The molecule has 0 saturated carbocycles. The Morgan fingerprint density at radius 3 is 2.68 bits per heavy atom. The van der Waals surface area contributed by atoms with Crippen molar-refractivity contribution in [2.24, 2.45) is 5.73 Å². The second kappa shape index (κ2) is 8.10. The van der Waals surface area contributed by atoms with Gasteiger partial charge < -0.3 is 5.73 Å². The molecule has 0 aromatic heterocycles. The highest BCUT2D eigenvalue weighted by Crippen LogP contribution is 2.28. The predicted octanol–water partition coefficient (Wildman–Crippen LogP) is 3.55. The average Bonchev–Trinajstić information content (AvgIpc) is 2.38. The van der Waals surface area contributed by atoms with Crippen LogP contribution in [0, 0.1) is 5.82 Å². The average molecular weight is 305 g/mol. The van der Waals surface area contributed by atoms with Crippen LogP contribution in [0.5, 0.6) is 0 Å². The van der Waals surface area contributed by atoms with E-state index in [1.807, 2.05) is 18.8 Å². The van der Waals surface area contributed by atoms with Gasteiger partial charge in [-0.05, 0) is 50.1 Å². The van der Waals surface area contributed by atoms with Crippen molar-refractivity contribution in [1.82, 2.24) is 4.90 Å². The number of hydrogen-bond donors (Lipinski definition) is 1. The van der Waals surface area contributed by atoms with Gasteiger partial charge in [-0.15, -0.1) is 0 Å². The molecule has 0 aliphatic heterocycles. The summed E-state index contributed by atoms with van der Waals surface area (Å²) in [6.07, 6.45) is 3.19. The fourth-order valence-corrected chi connectivity index (χ4v) is 2.95. The SMILES string of the molecule is CSCCC(C)N(C)C(CN)c1ccc(F)cc1Cl. The van der Waals surface area contributed by atoms with Gasteiger partial charge in [-0.2, -0.15) is 11.8 Å². The van der Waals surface area contributed by atoms with Crippen LogP contribution in [-0.2, 0) is 0 Å². The minimum Gasteiger partial charge on any atom is -0.329 e. The first kappa shape index (κ1) is 16.8. The lowest BCUT2D eigenvalue weighted by molar-refractivity contribution is 0.185. The van der Waals surface area contributed by atoms with Crippen LogP contribution >= 0.6 is 23.4 Å². The van der Waals surface area contributed by atoms with Gasteiger partial charge in [0.2, 0.25) is 0 Å². The Bertz CT molecular complexity index is 403. The van der Waals surface area contributed by atoms with Crippen LogP contribution in [0.4, 0.5) is 4.39 Å². The van der Waals surface area contributed by atoms with Crippen LogP contribution in [-0.4, -0.2) is 36.5 Å². The van der Waals surface area contributed by atoms with Gasteiger partial charge in [0.15, 0.2) is 0 Å². The Morgan fingerprint density at radius 2 is 2.16 bits per heavy atom. The van der Waals surface area contributed by atoms with Gasteiger partial charge in [0.25, 0.3) is 0 Å². The van der Waals surface area contributed by atoms with E-state index in [9.17, 15) is 4.39 Å². The molecule has 0 saturated heterocycles. The zero-order valence-electron chi connectivity index (χ0n) is 11.7. The highest BCUT2D eigenvalue weighted by molar-refractivity contribution is 7.98. The number of thioether (sulfide) groups is 1. The van der Waals surface area contributed by atoms with Gasteiger partial charge in [0, 0.05) is 23.7 Å². The van der Waals surface area contributed by atoms with Crippen molar-refractivity contribution >= 4 is 23.4 Å². The summed E-state index contributed by atoms with van der Waals surface area (Å²) in [5.41, 5.74) is 6.77. The van der Waals surface area contributed by atoms with E-state index in [2.05, 4.69) is 18.1 Å². The normalized spacial score (nSPS) is 14.7. The molecule has 2 nitrogen and oxygen atoms in total. The molecular weight excluding hydrogens is 283 g/mol. The first-order valence-electron chi connectivity index (χ1n) is 6.37. The summed E-state index contributed by atoms with van der Waals surface area (Å²) >= 11 is 7.96. The highest BCUT2D eigenvalue weighted by Gasteiger charge is 2.22. The zero-order valence-corrected chi connectivity index (χ0v) is 13.3. The van der Waals surface area contributed by atoms with E-state index in [0.717, 1.165) is 17.7 Å². The molecule has 0 fully saturated rings. The Morgan fingerprint density at radius 1 is 1.47 bits per heavy atom. The number of hydrogen-bond acceptors (Lipinski definition) is 3. The number of nitrogens with zero attached hydrogens (tertiary/aromatic N) is 1. The lowest BCUT2D eigenvalue weighted by Gasteiger charge is -2.33. The van der Waals surface area contributed by atoms with Gasteiger partial charge >= 0.3 is 0 Å². The van der Waals surface area contributed by atoms with Crippen molar-refractivity contribution in [3.63, 3.8) is 0 Å². The maximum Gasteiger partial charge on any atom is 0.124 e. The van der Waals surface area contributed by atoms with E-state index >= 15 is 0 Å². The first-order valence-corrected chi connectivity index (χ1v) is 8.14. The topological polar surface area (TPSA) is 29.3 Å². The second-order valence-corrected chi connectivity index (χ2v) is 6.11. The number of rotatable bonds is 7. The Hall–Kier alpha value is -0.290. The molecule has 108 valence electrons. The van der Waals surface area contributed by atoms with Gasteiger partial charge in [-0.1, -0.05) is 17.7 Å². The Balaban J connectivity index is 2.86. The van der Waals surface area contributed by atoms with Crippen molar-refractivity contribution in [1.29, 1.82) is 0 Å². The van der Waals surface area contributed by atoms with Crippen molar-refractivity contribution in [2.75, 3.05) is 25.6 Å². The van der Waals surface area contributed by atoms with Crippen LogP contribution in [0.3, 0.4) is 0 Å². The molecule has 0 amide bonds. The zero-order chi connectivity index (χ0) is 14.4. The summed E-state index contributed by atoms with van der Waals surface area (Å²) < 4.78 is 13.1. The molecule has 2 atom stereocenters. The lowest BCUT2D eigenvalue weighted by atomic mass is 10.0. The van der Waals surface area contributed by atoms with E-state index in [-0.39, 0.29) is 11.9 Å². The molecule has 1 aromatic rings. The number of nitrogens with two attached hydrogens (primary N) is 1. The van der Waals surface area contributed by atoms with Gasteiger partial charge in [0.05, 0.1) is 0 Å². The molecule has 2 N–H and O–H groups in total. The molecule has 1 aromatic carbocycles. The molecule has 2 unspecified atom stereocenters. The Kier molecular flexibility index (Phi) is 7.15. The van der Waals surface area contributed by atoms with Crippen LogP contribution in [0.2, 0.25) is 5.02 Å². The third kappa shape index (κ3) is 4.63. The fraction of sp³-hybridized carbons (Fsp3) is 0.571. The van der Waals surface area contributed by atoms with Crippen LogP contribution < -0.4 is 5.73 Å². The smallest absolute Gasteiger partial charge is 0.124 e. The lowest BCUT2D eigenvalue weighted by Crippen LogP contribution is -2.37. The number of likely N-dealkylation sites (N-methyl/N-ethyl adjacent to an activating group) is 1. The van der Waals surface area contributed by atoms with E-state index in [1.54, 1.807) is 6.07 Å². The molecule has 0 heterocycles. The Labute approximate surface area is 124 Å². The van der Waals surface area contributed by atoms with Gasteiger partial charge in [-0.3, -0.25) is 4.90 Å². The number of halogens is 2. The van der Waals surface area contributed by atoms with E-state index in [1.165, 1.54) is 12.1 Å². The summed E-state index contributed by atoms with van der Waals surface area (Å²) in [5.74, 6) is 0.794. The summed E-state index contributed by atoms with van der Waals surface area (Å²) in [4.78, 5) is 2.22. The number of benzene rings is 1. The van der Waals surface area contributed by atoms with Crippen molar-refractivity contribution in [2.45, 2.75) is 25.4 Å². The third-order valence-corrected chi connectivity index (χ3v) is 4.44. The maximum atomic E-state index is 13.1. The molecule has 0 spiro atoms. The molecule has 5 heteroatoms. The molecule has 0 bridgehead atoms. The van der Waals surface area contributed by atoms with E-state index in [0.29, 0.717) is 17.6 Å². The van der Waals surface area contributed by atoms with E-state index in [4.69, 9.17) is 17.3 Å². The van der Waals surface area contributed by atoms with Crippen molar-refractivity contribution < 1.29 is 4.39 Å². The summed E-state index contributed by atoms with van der Waals surface area (Å²) in [7, 11) is 2.04. The predicted molar refractivity (Wildman–Crippen MR) is 83.4 cm³/mol. The van der Waals surface area contributed by atoms with E-state index < -0.39 is 0 Å². The molecule has 19 heavy (non-hydrogen) atoms. The van der Waals surface area contributed by atoms with Gasteiger partial charge in [0.1, 0.15) is 5.82 Å². The minimum absolute atomic E-state index is 0.0185. The largest absolute Gasteiger partial charge is 0.329 e. The fourth-order valence-electron chi connectivity index (χ4n) is 2.08. The maximum absolute atomic E-state index is 13.1. The summed E-state index contributed by atoms with van der Waals surface area (Å²) in [5, 5.41) is 0.444. The summed E-state index contributed by atoms with van der Waals surface area (Å²) in [6, 6.07) is 4.93. The molecule has 0 aliphatic rings. The van der Waals surface area contributed by atoms with Crippen LogP contribution in [0.25, 0.3) is 0 Å². The van der Waals surface area contributed by atoms with Crippen molar-refractivity contribution in [3.05, 3.63) is 34.6 Å². The monoisotopic (exact) mass is 304 g/mol. The van der Waals surface area contributed by atoms with Crippen molar-refractivity contribution in [3.8, 4) is 0 Å². The summed E-state index contributed by atoms with van der Waals surface area (Å²) in [6.45, 7) is 2.64. The standard InChI is InChI=1S/C14H22ClFN2S/c1-10(6-7-19-3)18(2)14(9-17)12-5-4-11(16)8-13(12)15/h4-5,8,10,14H,6-7,9,17H2,1-3H3. The first-order chi connectivity index (χ1) is 9.01. The molecular formula is C14H22ClFN2S. The second-order valence-electron chi connectivity index (χ2n) is 4.71. The molecule has 0 radical (unpaired) electrons.